The quantitative estimate of drug-likeness (QED) is 0.0817. The van der Waals surface area contributed by atoms with Crippen LogP contribution < -0.4 is 9.64 Å². The second kappa shape index (κ2) is 52.7. The molecule has 37 atom stereocenters. The van der Waals surface area contributed by atoms with Crippen LogP contribution in [0.1, 0.15) is 12.5 Å². The van der Waals surface area contributed by atoms with E-state index in [-0.39, 0.29) is 58.3 Å². The summed E-state index contributed by atoms with van der Waals surface area (Å²) in [6.45, 7) is 5.54. The number of halogens is 2. The second-order valence-electron chi connectivity index (χ2n) is 33.5. The van der Waals surface area contributed by atoms with Gasteiger partial charge >= 0.3 is 0 Å². The van der Waals surface area contributed by atoms with E-state index in [1.165, 1.54) is 149 Å². The predicted molar refractivity (Wildman–Crippen MR) is 467 cm³/mol. The maximum absolute atomic E-state index is 11.6. The Morgan fingerprint density at radius 3 is 0.888 bits per heavy atom. The Labute approximate surface area is 793 Å². The van der Waals surface area contributed by atoms with Crippen molar-refractivity contribution in [3.63, 3.8) is 0 Å². The molecule has 0 unspecified atom stereocenters. The van der Waals surface area contributed by atoms with Gasteiger partial charge in [-0.1, -0.05) is 29.3 Å². The van der Waals surface area contributed by atoms with Gasteiger partial charge < -0.3 is 194 Å². The van der Waals surface area contributed by atoms with Crippen LogP contribution in [-0.4, -0.2) is 476 Å². The monoisotopic (exact) mass is 1960 g/mol. The highest BCUT2D eigenvalue weighted by Crippen LogP contribution is 2.46. The molecule has 24 heterocycles. The molecule has 23 saturated heterocycles. The van der Waals surface area contributed by atoms with Crippen LogP contribution in [0.3, 0.4) is 0 Å². The number of nitrogens with zero attached hydrogens (tertiary/aromatic N) is 4. The van der Waals surface area contributed by atoms with Gasteiger partial charge in [0.2, 0.25) is 11.7 Å². The van der Waals surface area contributed by atoms with Crippen LogP contribution in [0.5, 0.6) is 5.75 Å². The van der Waals surface area contributed by atoms with Gasteiger partial charge in [0, 0.05) is 211 Å². The van der Waals surface area contributed by atoms with E-state index in [1.54, 1.807) is 31.6 Å². The van der Waals surface area contributed by atoms with Crippen molar-refractivity contribution in [2.45, 2.75) is 240 Å². The van der Waals surface area contributed by atoms with Crippen molar-refractivity contribution in [2.75, 3.05) is 240 Å². The number of aromatic nitrogens is 2. The molecule has 134 heavy (non-hydrogen) atoms. The Hall–Kier alpha value is -4.18. The second-order valence-corrected chi connectivity index (χ2v) is 34.3. The third-order valence-corrected chi connectivity index (χ3v) is 26.4. The molecule has 14 bridgehead atoms. The fraction of sp³-hybridized carbons (Fsp3) is 0.820. The standard InChI is InChI=1S/C63H112O35.C26H28Cl2N4O4/c1-64-22-29-36-43(71-8)50(78-15)57(85-29)93-37-30(23-65-2)87-59(52(80-17)44(37)72-9)95-39-32(25-67-4)89-61(54(82-19)46(39)74-11)97-41-34(27-69-6)91-63(56(84-21)48(41)76-13)98-42-35(28-70-7)90-62(55(83-20)49(42)77-14)96-40-33(26-68-5)88-60(53(81-18)47(40)75-12)94-38-31(24-66-3)86-58(92-36)51(79-16)45(38)73-10;1-19(33)31-10-12-32(13-11-31)21-3-5-22(6-4-21)34-15-23-16-35-26(36-23,17-30-9-8-29-18-30)24-7-2-20(27)14-25(24)28/h29-63H,22-28H2,1-21H3;2-9,14,18,23H,10-13,15-17H2,1H3/t29-,30-,31-,32-,33-,34-,35-,36-,37-,38-,39-,40-,41-,42-,43+,44+,45+,46+,47+,48+,49+,50-,51-,52-,53-,54-,55-,56-,57-,58-,59-,60-,61-,62-,63-;23-,26+/m10/s1. The van der Waals surface area contributed by atoms with E-state index >= 15 is 0 Å². The Morgan fingerprint density at radius 2 is 0.649 bits per heavy atom. The van der Waals surface area contributed by atoms with Crippen LogP contribution in [0, 0.1) is 0 Å². The summed E-state index contributed by atoms with van der Waals surface area (Å²) in [7, 11) is 31.7. The van der Waals surface area contributed by atoms with Crippen molar-refractivity contribution in [2.24, 2.45) is 0 Å². The smallest absolute Gasteiger partial charge is 0.219 e. The predicted octanol–water partition coefficient (Wildman–Crippen LogP) is 2.71. The molecule has 23 aliphatic heterocycles. The van der Waals surface area contributed by atoms with E-state index in [2.05, 4.69) is 9.88 Å². The molecule has 0 saturated carbocycles. The molecule has 0 N–H and O–H groups in total. The molecule has 23 aliphatic rings. The van der Waals surface area contributed by atoms with E-state index < -0.39 is 221 Å². The minimum absolute atomic E-state index is 0.0381. The summed E-state index contributed by atoms with van der Waals surface area (Å²) in [6, 6.07) is 13.3. The molecule has 0 spiro atoms. The number of methoxy groups -OCH3 is 21. The van der Waals surface area contributed by atoms with E-state index in [4.69, 9.17) is 203 Å². The minimum Gasteiger partial charge on any atom is -0.491 e. The summed E-state index contributed by atoms with van der Waals surface area (Å²) < 4.78 is 247. The maximum Gasteiger partial charge on any atom is 0.219 e. The van der Waals surface area contributed by atoms with Gasteiger partial charge in [-0.05, 0) is 36.4 Å². The highest BCUT2D eigenvalue weighted by atomic mass is 35.5. The molecule has 23 fully saturated rings. The highest BCUT2D eigenvalue weighted by molar-refractivity contribution is 6.35. The molecular weight excluding hydrogens is 1820 g/mol. The van der Waals surface area contributed by atoms with Crippen LogP contribution in [0.25, 0.3) is 0 Å². The van der Waals surface area contributed by atoms with Crippen molar-refractivity contribution >= 4 is 34.8 Å². The van der Waals surface area contributed by atoms with Gasteiger partial charge in [-0.3, -0.25) is 4.79 Å². The number of piperazine rings is 1. The molecule has 764 valence electrons. The van der Waals surface area contributed by atoms with Crippen molar-refractivity contribution in [3.05, 3.63) is 76.8 Å². The van der Waals surface area contributed by atoms with E-state index in [0.29, 0.717) is 35.4 Å². The molecule has 1 amide bonds. The number of hydrogen-bond acceptors (Lipinski definition) is 41. The average molecular weight is 1960 g/mol. The summed E-state index contributed by atoms with van der Waals surface area (Å²) in [6.07, 6.45) is -30.9. The normalized spacial score (nSPS) is 39.6. The van der Waals surface area contributed by atoms with Crippen LogP contribution in [-0.2, 0) is 192 Å². The number of carbonyl (C=O) groups excluding carboxylic acids is 1. The lowest BCUT2D eigenvalue weighted by Crippen LogP contribution is -2.69. The molecule has 0 aliphatic carbocycles. The molecular formula is C89H140Cl2N4O39. The Balaban J connectivity index is 0.000000371. The van der Waals surface area contributed by atoms with Crippen LogP contribution in [0.2, 0.25) is 10.0 Å². The molecule has 1 aromatic heterocycles. The Kier molecular flexibility index (Phi) is 42.7. The minimum atomic E-state index is -1.22. The lowest BCUT2D eigenvalue weighted by molar-refractivity contribution is -0.402. The van der Waals surface area contributed by atoms with Crippen LogP contribution in [0.4, 0.5) is 5.69 Å². The topological polar surface area (TPSA) is 392 Å². The summed E-state index contributed by atoms with van der Waals surface area (Å²) in [4.78, 5) is 19.8. The highest BCUT2D eigenvalue weighted by Gasteiger charge is 2.63. The van der Waals surface area contributed by atoms with Gasteiger partial charge in [0.25, 0.3) is 0 Å². The average Bonchev–Trinajstić information content (AvgIpc) is 1.63. The first kappa shape index (κ1) is 109. The Morgan fingerprint density at radius 1 is 0.366 bits per heavy atom. The zero-order valence-corrected chi connectivity index (χ0v) is 81.9. The molecule has 26 rings (SSSR count). The number of ether oxygens (including phenoxy) is 38. The van der Waals surface area contributed by atoms with Gasteiger partial charge in [0.15, 0.2) is 44.0 Å². The first-order chi connectivity index (χ1) is 65.1. The zero-order valence-electron chi connectivity index (χ0n) is 80.4. The maximum atomic E-state index is 11.6. The Bertz CT molecular complexity index is 3460. The summed E-state index contributed by atoms with van der Waals surface area (Å²) >= 11 is 12.7. The van der Waals surface area contributed by atoms with Gasteiger partial charge in [-0.2, -0.15) is 0 Å². The molecule has 2 aromatic carbocycles. The lowest BCUT2D eigenvalue weighted by atomic mass is 9.94. The summed E-state index contributed by atoms with van der Waals surface area (Å²) in [5.41, 5.74) is 1.82. The zero-order chi connectivity index (χ0) is 96.0. The third kappa shape index (κ3) is 24.8. The number of carbonyl (C=O) groups is 1. The summed E-state index contributed by atoms with van der Waals surface area (Å²) in [5, 5.41) is 1.02. The molecule has 0 radical (unpaired) electrons. The molecule has 45 heteroatoms. The fourth-order valence-electron chi connectivity index (χ4n) is 19.5. The number of imidazole rings is 1. The lowest BCUT2D eigenvalue weighted by Gasteiger charge is -2.52. The summed E-state index contributed by atoms with van der Waals surface area (Å²) in [5.74, 6) is -0.201. The number of benzene rings is 2. The van der Waals surface area contributed by atoms with Crippen molar-refractivity contribution < 1.29 is 185 Å². The van der Waals surface area contributed by atoms with Crippen molar-refractivity contribution in [1.82, 2.24) is 14.5 Å². The third-order valence-electron chi connectivity index (χ3n) is 25.8. The molecule has 43 nitrogen and oxygen atoms in total. The van der Waals surface area contributed by atoms with Crippen molar-refractivity contribution in [3.8, 4) is 5.75 Å². The van der Waals surface area contributed by atoms with Crippen LogP contribution >= 0.6 is 23.2 Å². The van der Waals surface area contributed by atoms with Gasteiger partial charge in [-0.15, -0.1) is 0 Å². The first-order valence-corrected chi connectivity index (χ1v) is 45.3. The largest absolute Gasteiger partial charge is 0.491 e. The van der Waals surface area contributed by atoms with E-state index in [9.17, 15) is 4.79 Å². The van der Waals surface area contributed by atoms with E-state index in [0.717, 1.165) is 37.6 Å². The van der Waals surface area contributed by atoms with Gasteiger partial charge in [0.1, 0.15) is 189 Å². The van der Waals surface area contributed by atoms with Gasteiger partial charge in [0.05, 0.1) is 70.7 Å². The number of rotatable bonds is 35. The number of anilines is 1. The first-order valence-electron chi connectivity index (χ1n) is 44.6. The number of hydrogen-bond donors (Lipinski definition) is 0. The van der Waals surface area contributed by atoms with Crippen molar-refractivity contribution in [1.29, 1.82) is 0 Å². The molecule has 3 aromatic rings. The van der Waals surface area contributed by atoms with Gasteiger partial charge in [-0.25, -0.2) is 4.98 Å². The SMILES string of the molecule is CC(=O)N1CCN(c2ccc(OC[C@H]3CO[C@@](Cn4ccnc4)(c4ccc(Cl)cc4Cl)O3)cc2)CC1.COC[C@H]1O[C@@H]2O[C@H]3[C@H](OC)[C@@H](OC)[C@@H](O[C@H]4[C@H](OC)[C@@H](OC)[C@@H](O[C@H]5[C@H](OC)[C@@H](OC)[C@@H](O[C@H]6[C@H](OC)[C@@H](OC)[C@@H](O[C@H]7[C@H](OC)[C@@H](OC)[C@@H](O[C@H]8[C@H](OC)[C@@H](OC)[C@@H](O[C@H]1[C@H](OC)[C@H]2OC)O[C@@H]8COC)O[C@@H]7COC)O[C@@H]6COC)O[C@@H]5COC)O[C@@H]4COC)O[C@@H]3COC. The number of amides is 1. The fourth-order valence-corrected chi connectivity index (χ4v) is 20.0. The van der Waals surface area contributed by atoms with E-state index in [1.807, 2.05) is 46.0 Å². The van der Waals surface area contributed by atoms with Crippen LogP contribution in [0.15, 0.2) is 61.2 Å².